The van der Waals surface area contributed by atoms with Crippen LogP contribution in [0.2, 0.25) is 0 Å². The molecule has 3 atom stereocenters. The molecule has 2 fully saturated rings. The van der Waals surface area contributed by atoms with Gasteiger partial charge in [-0.05, 0) is 32.3 Å². The fraction of sp³-hybridized carbons (Fsp3) is 0.562. The Kier molecular flexibility index (Phi) is 3.52. The molecule has 2 aliphatic rings. The SMILES string of the molecule is CC1NC(c2ccccc2)N(CC2(C)CCCO2)C1=O. The number of carbonyl (C=O) groups excluding carboxylic acids is 1. The quantitative estimate of drug-likeness (QED) is 0.917. The molecular weight excluding hydrogens is 252 g/mol. The molecule has 2 heterocycles. The van der Waals surface area contributed by atoms with Crippen LogP contribution in [-0.2, 0) is 9.53 Å². The average Bonchev–Trinajstić information content (AvgIpc) is 2.99. The molecule has 3 rings (SSSR count). The zero-order valence-electron chi connectivity index (χ0n) is 12.1. The molecule has 0 radical (unpaired) electrons. The lowest BCUT2D eigenvalue weighted by molar-refractivity contribution is -0.133. The second-order valence-electron chi connectivity index (χ2n) is 6.07. The van der Waals surface area contributed by atoms with Gasteiger partial charge in [0.1, 0.15) is 6.17 Å². The maximum atomic E-state index is 12.4. The minimum atomic E-state index is -0.200. The second kappa shape index (κ2) is 5.19. The van der Waals surface area contributed by atoms with Gasteiger partial charge in [-0.25, -0.2) is 0 Å². The van der Waals surface area contributed by atoms with Crippen LogP contribution < -0.4 is 5.32 Å². The topological polar surface area (TPSA) is 41.6 Å². The third-order valence-corrected chi connectivity index (χ3v) is 4.29. The first-order valence-corrected chi connectivity index (χ1v) is 7.34. The van der Waals surface area contributed by atoms with Crippen molar-refractivity contribution in [2.45, 2.75) is 44.5 Å². The third-order valence-electron chi connectivity index (χ3n) is 4.29. The van der Waals surface area contributed by atoms with Crippen LogP contribution in [0.15, 0.2) is 30.3 Å². The van der Waals surface area contributed by atoms with E-state index in [0.717, 1.165) is 25.0 Å². The molecule has 2 saturated heterocycles. The van der Waals surface area contributed by atoms with Crippen LogP contribution in [0.5, 0.6) is 0 Å². The molecule has 0 saturated carbocycles. The van der Waals surface area contributed by atoms with Crippen LogP contribution in [0.1, 0.15) is 38.4 Å². The van der Waals surface area contributed by atoms with Gasteiger partial charge in [-0.15, -0.1) is 0 Å². The van der Waals surface area contributed by atoms with Gasteiger partial charge >= 0.3 is 0 Å². The van der Waals surface area contributed by atoms with E-state index in [1.54, 1.807) is 0 Å². The number of nitrogens with zero attached hydrogens (tertiary/aromatic N) is 1. The Morgan fingerprint density at radius 2 is 2.15 bits per heavy atom. The normalized spacial score (nSPS) is 33.9. The molecule has 1 aromatic rings. The van der Waals surface area contributed by atoms with Gasteiger partial charge in [-0.2, -0.15) is 0 Å². The summed E-state index contributed by atoms with van der Waals surface area (Å²) in [7, 11) is 0. The van der Waals surface area contributed by atoms with E-state index in [9.17, 15) is 4.79 Å². The molecule has 2 aliphatic heterocycles. The van der Waals surface area contributed by atoms with Crippen molar-refractivity contribution in [2.75, 3.05) is 13.2 Å². The molecule has 0 spiro atoms. The lowest BCUT2D eigenvalue weighted by Gasteiger charge is -2.32. The van der Waals surface area contributed by atoms with E-state index in [1.807, 2.05) is 30.0 Å². The number of hydrogen-bond acceptors (Lipinski definition) is 3. The Labute approximate surface area is 120 Å². The van der Waals surface area contributed by atoms with Crippen LogP contribution in [0.25, 0.3) is 0 Å². The standard InChI is InChI=1S/C16H22N2O2/c1-12-15(19)18(11-16(2)9-6-10-20-16)14(17-12)13-7-4-3-5-8-13/h3-5,7-8,12,14,17H,6,9-11H2,1-2H3. The lowest BCUT2D eigenvalue weighted by atomic mass is 10.0. The van der Waals surface area contributed by atoms with Crippen molar-refractivity contribution >= 4 is 5.91 Å². The molecule has 4 nitrogen and oxygen atoms in total. The van der Waals surface area contributed by atoms with Gasteiger partial charge in [0.15, 0.2) is 0 Å². The van der Waals surface area contributed by atoms with Crippen molar-refractivity contribution in [2.24, 2.45) is 0 Å². The van der Waals surface area contributed by atoms with E-state index in [-0.39, 0.29) is 23.7 Å². The van der Waals surface area contributed by atoms with Crippen molar-refractivity contribution in [3.63, 3.8) is 0 Å². The predicted molar refractivity (Wildman–Crippen MR) is 77.1 cm³/mol. The summed E-state index contributed by atoms with van der Waals surface area (Å²) in [5, 5.41) is 3.38. The van der Waals surface area contributed by atoms with Gasteiger partial charge in [0, 0.05) is 6.61 Å². The Morgan fingerprint density at radius 3 is 2.80 bits per heavy atom. The lowest BCUT2D eigenvalue weighted by Crippen LogP contribution is -2.43. The van der Waals surface area contributed by atoms with Crippen LogP contribution in [0.3, 0.4) is 0 Å². The zero-order valence-corrected chi connectivity index (χ0v) is 12.1. The summed E-state index contributed by atoms with van der Waals surface area (Å²) < 4.78 is 5.85. The smallest absolute Gasteiger partial charge is 0.241 e. The summed E-state index contributed by atoms with van der Waals surface area (Å²) >= 11 is 0. The van der Waals surface area contributed by atoms with E-state index in [1.165, 1.54) is 0 Å². The van der Waals surface area contributed by atoms with Crippen LogP contribution in [-0.4, -0.2) is 35.6 Å². The Morgan fingerprint density at radius 1 is 1.40 bits per heavy atom. The van der Waals surface area contributed by atoms with Gasteiger partial charge in [-0.3, -0.25) is 10.1 Å². The van der Waals surface area contributed by atoms with Gasteiger partial charge in [0.25, 0.3) is 0 Å². The van der Waals surface area contributed by atoms with E-state index in [0.29, 0.717) is 6.54 Å². The summed E-state index contributed by atoms with van der Waals surface area (Å²) in [6.45, 7) is 5.49. The van der Waals surface area contributed by atoms with Gasteiger partial charge in [0.05, 0.1) is 18.2 Å². The second-order valence-corrected chi connectivity index (χ2v) is 6.07. The highest BCUT2D eigenvalue weighted by molar-refractivity contribution is 5.84. The van der Waals surface area contributed by atoms with Crippen molar-refractivity contribution in [1.82, 2.24) is 10.2 Å². The predicted octanol–water partition coefficient (Wildman–Crippen LogP) is 2.07. The molecular formula is C16H22N2O2. The van der Waals surface area contributed by atoms with E-state index in [4.69, 9.17) is 4.74 Å². The molecule has 0 aliphatic carbocycles. The fourth-order valence-corrected chi connectivity index (χ4v) is 3.18. The summed E-state index contributed by atoms with van der Waals surface area (Å²) in [5.74, 6) is 0.163. The van der Waals surface area contributed by atoms with Crippen LogP contribution in [0.4, 0.5) is 0 Å². The summed E-state index contributed by atoms with van der Waals surface area (Å²) in [6.07, 6.45) is 2.06. The molecule has 20 heavy (non-hydrogen) atoms. The van der Waals surface area contributed by atoms with Gasteiger partial charge in [-0.1, -0.05) is 30.3 Å². The fourth-order valence-electron chi connectivity index (χ4n) is 3.18. The number of hydrogen-bond donors (Lipinski definition) is 1. The Balaban J connectivity index is 1.83. The number of rotatable bonds is 3. The average molecular weight is 274 g/mol. The van der Waals surface area contributed by atoms with Crippen molar-refractivity contribution in [3.05, 3.63) is 35.9 Å². The maximum absolute atomic E-state index is 12.4. The minimum Gasteiger partial charge on any atom is -0.373 e. The van der Waals surface area contributed by atoms with Crippen LogP contribution in [0, 0.1) is 0 Å². The highest BCUT2D eigenvalue weighted by Crippen LogP contribution is 2.32. The summed E-state index contributed by atoms with van der Waals surface area (Å²) in [4.78, 5) is 14.4. The van der Waals surface area contributed by atoms with E-state index in [2.05, 4.69) is 24.4 Å². The summed E-state index contributed by atoms with van der Waals surface area (Å²) in [6, 6.07) is 10.0. The first-order chi connectivity index (χ1) is 9.59. The number of amides is 1. The largest absolute Gasteiger partial charge is 0.373 e. The highest BCUT2D eigenvalue weighted by atomic mass is 16.5. The van der Waals surface area contributed by atoms with Crippen molar-refractivity contribution < 1.29 is 9.53 Å². The molecule has 0 aromatic heterocycles. The molecule has 3 unspecified atom stereocenters. The molecule has 1 amide bonds. The molecule has 108 valence electrons. The van der Waals surface area contributed by atoms with Crippen molar-refractivity contribution in [3.8, 4) is 0 Å². The first-order valence-electron chi connectivity index (χ1n) is 7.34. The maximum Gasteiger partial charge on any atom is 0.241 e. The Hall–Kier alpha value is -1.39. The molecule has 0 bridgehead atoms. The van der Waals surface area contributed by atoms with Crippen molar-refractivity contribution in [1.29, 1.82) is 0 Å². The van der Waals surface area contributed by atoms with E-state index >= 15 is 0 Å². The highest BCUT2D eigenvalue weighted by Gasteiger charge is 2.42. The molecule has 1 N–H and O–H groups in total. The third kappa shape index (κ3) is 2.45. The number of benzene rings is 1. The number of nitrogens with one attached hydrogen (secondary N) is 1. The number of ether oxygens (including phenoxy) is 1. The minimum absolute atomic E-state index is 0.0419. The molecule has 4 heteroatoms. The monoisotopic (exact) mass is 274 g/mol. The summed E-state index contributed by atoms with van der Waals surface area (Å²) in [5.41, 5.74) is 0.931. The van der Waals surface area contributed by atoms with Gasteiger partial charge in [0.2, 0.25) is 5.91 Å². The van der Waals surface area contributed by atoms with E-state index < -0.39 is 0 Å². The van der Waals surface area contributed by atoms with Gasteiger partial charge < -0.3 is 9.64 Å². The Bertz CT molecular complexity index is 483. The van der Waals surface area contributed by atoms with Crippen LogP contribution >= 0.6 is 0 Å². The number of carbonyl (C=O) groups is 1. The zero-order chi connectivity index (χ0) is 14.2. The molecule has 1 aromatic carbocycles. The first kappa shape index (κ1) is 13.6.